The summed E-state index contributed by atoms with van der Waals surface area (Å²) in [4.78, 5) is 28.5. The molecule has 0 N–H and O–H groups in total. The summed E-state index contributed by atoms with van der Waals surface area (Å²) in [5, 5.41) is 7.05. The van der Waals surface area contributed by atoms with E-state index >= 15 is 0 Å². The lowest BCUT2D eigenvalue weighted by atomic mass is 9.60. The third-order valence-electron chi connectivity index (χ3n) is 12.2. The van der Waals surface area contributed by atoms with Gasteiger partial charge in [0.2, 0.25) is 0 Å². The van der Waals surface area contributed by atoms with E-state index in [9.17, 15) is 0 Å². The van der Waals surface area contributed by atoms with Crippen LogP contribution >= 0.6 is 22.7 Å². The number of anilines is 8. The molecule has 0 amide bonds. The van der Waals surface area contributed by atoms with Gasteiger partial charge in [-0.1, -0.05) is 97.1 Å². The van der Waals surface area contributed by atoms with Gasteiger partial charge in [0.25, 0.3) is 0 Å². The Labute approximate surface area is 365 Å². The molecule has 290 valence electrons. The van der Waals surface area contributed by atoms with E-state index in [2.05, 4.69) is 187 Å². The Morgan fingerprint density at radius 3 is 1.18 bits per heavy atom. The van der Waals surface area contributed by atoms with E-state index in [-0.39, 0.29) is 14.0 Å². The van der Waals surface area contributed by atoms with Crippen molar-refractivity contribution in [3.63, 3.8) is 0 Å². The molecule has 0 radical (unpaired) electrons. The summed E-state index contributed by atoms with van der Waals surface area (Å²) >= 11 is 3.66. The minimum absolute atomic E-state index is 0.214. The van der Waals surface area contributed by atoms with Gasteiger partial charge >= 0.3 is 14.0 Å². The smallest absolute Gasteiger partial charge is 0.358 e. The highest BCUT2D eigenvalue weighted by Gasteiger charge is 2.49. The fourth-order valence-corrected chi connectivity index (χ4v) is 12.1. The second kappa shape index (κ2) is 14.0. The van der Waals surface area contributed by atoms with Gasteiger partial charge in [0.15, 0.2) is 0 Å². The maximum Gasteiger partial charge on any atom is 0.421 e. The van der Waals surface area contributed by atoms with Crippen molar-refractivity contribution in [3.05, 3.63) is 195 Å². The Kier molecular flexibility index (Phi) is 7.97. The predicted molar refractivity (Wildman–Crippen MR) is 261 cm³/mol. The molecule has 12 heteroatoms. The van der Waals surface area contributed by atoms with Crippen LogP contribution in [0.3, 0.4) is 0 Å². The molecule has 8 nitrogen and oxygen atoms in total. The van der Waals surface area contributed by atoms with Crippen molar-refractivity contribution in [2.45, 2.75) is 0 Å². The van der Waals surface area contributed by atoms with Crippen molar-refractivity contribution in [1.82, 2.24) is 19.9 Å². The lowest BCUT2D eigenvalue weighted by molar-refractivity contribution is 1.30. The average molecular weight is 831 g/mol. The van der Waals surface area contributed by atoms with Gasteiger partial charge in [-0.25, -0.2) is 0 Å². The molecule has 8 heterocycles. The Morgan fingerprint density at radius 1 is 0.355 bits per heavy atom. The van der Waals surface area contributed by atoms with Gasteiger partial charge in [-0.2, -0.15) is 0 Å². The van der Waals surface area contributed by atoms with Crippen LogP contribution < -0.4 is 30.2 Å². The molecule has 2 aliphatic heterocycles. The number of benzene rings is 5. The standard InChI is InChI=1S/C50H32B2N8S2/c1-5-13-41-37(9-1)43(25-31-55-41)59-47-39-11-3-7-15-45(39)61-49(47)57(35-21-27-53-28-22-35)51(59)33-17-19-34(20-18-33)52-58(36-23-29-54-30-24-36)50-48(40-12-4-8-16-46(40)62-50)60(52)44-26-32-56-42-14-6-2-10-38(42)44/h1-32H. The van der Waals surface area contributed by atoms with Crippen molar-refractivity contribution in [1.29, 1.82) is 0 Å². The van der Waals surface area contributed by atoms with Gasteiger partial charge < -0.3 is 19.2 Å². The van der Waals surface area contributed by atoms with Crippen LogP contribution in [0.25, 0.3) is 42.0 Å². The van der Waals surface area contributed by atoms with Crippen molar-refractivity contribution >= 4 is 134 Å². The molecule has 0 fully saturated rings. The monoisotopic (exact) mass is 830 g/mol. The zero-order valence-corrected chi connectivity index (χ0v) is 34.7. The van der Waals surface area contributed by atoms with Crippen molar-refractivity contribution in [3.8, 4) is 0 Å². The fraction of sp³-hybridized carbons (Fsp3) is 0. The third-order valence-corrected chi connectivity index (χ3v) is 14.5. The summed E-state index contributed by atoms with van der Waals surface area (Å²) in [7, 11) is 0. The van der Waals surface area contributed by atoms with E-state index in [1.807, 2.05) is 59.9 Å². The minimum atomic E-state index is -0.214. The van der Waals surface area contributed by atoms with Crippen LogP contribution in [-0.2, 0) is 0 Å². The Hall–Kier alpha value is -7.53. The highest BCUT2D eigenvalue weighted by atomic mass is 32.1. The molecule has 0 spiro atoms. The number of hydrogen-bond acceptors (Lipinski definition) is 10. The molecule has 11 aromatic rings. The first-order valence-electron chi connectivity index (χ1n) is 20.6. The first-order valence-corrected chi connectivity index (χ1v) is 22.2. The summed E-state index contributed by atoms with van der Waals surface area (Å²) in [5.41, 5.74) is 11.0. The van der Waals surface area contributed by atoms with E-state index in [4.69, 9.17) is 9.97 Å². The van der Waals surface area contributed by atoms with Crippen molar-refractivity contribution < 1.29 is 0 Å². The lowest BCUT2D eigenvalue weighted by Gasteiger charge is -2.32. The maximum atomic E-state index is 4.80. The SMILES string of the molecule is c1ccc2c(N3B(c4ccc(B5N(c6ccncc6)c6sc7ccccc7c6N5c5ccnc6ccccc56)cc4)N(c4ccncc4)c4sc5ccccc5c43)ccnc2c1. The molecule has 5 aromatic carbocycles. The van der Waals surface area contributed by atoms with E-state index < -0.39 is 0 Å². The van der Waals surface area contributed by atoms with Crippen LogP contribution in [0.15, 0.2) is 195 Å². The van der Waals surface area contributed by atoms with Crippen molar-refractivity contribution in [2.75, 3.05) is 19.2 Å². The first kappa shape index (κ1) is 35.2. The van der Waals surface area contributed by atoms with Gasteiger partial charge in [0, 0.05) is 90.9 Å². The van der Waals surface area contributed by atoms with E-state index in [1.165, 1.54) is 41.5 Å². The topological polar surface area (TPSA) is 64.5 Å². The quantitative estimate of drug-likeness (QED) is 0.154. The molecular weight excluding hydrogens is 798 g/mol. The molecule has 0 aliphatic carbocycles. The van der Waals surface area contributed by atoms with E-state index in [0.717, 1.165) is 55.5 Å². The molecule has 62 heavy (non-hydrogen) atoms. The maximum absolute atomic E-state index is 4.80. The summed E-state index contributed by atoms with van der Waals surface area (Å²) < 4.78 is 2.49. The minimum Gasteiger partial charge on any atom is -0.358 e. The predicted octanol–water partition coefficient (Wildman–Crippen LogP) is 11.4. The number of hydrogen-bond donors (Lipinski definition) is 0. The number of nitrogens with zero attached hydrogens (tertiary/aromatic N) is 8. The zero-order chi connectivity index (χ0) is 40.7. The molecule has 0 bridgehead atoms. The summed E-state index contributed by atoms with van der Waals surface area (Å²) in [5.74, 6) is 0. The van der Waals surface area contributed by atoms with Crippen LogP contribution in [0.2, 0.25) is 0 Å². The zero-order valence-electron chi connectivity index (χ0n) is 33.0. The molecule has 0 atom stereocenters. The highest BCUT2D eigenvalue weighted by molar-refractivity contribution is 7.26. The van der Waals surface area contributed by atoms with E-state index in [1.54, 1.807) is 0 Å². The van der Waals surface area contributed by atoms with Crippen LogP contribution in [0.1, 0.15) is 0 Å². The Balaban J connectivity index is 1.03. The third kappa shape index (κ3) is 5.27. The van der Waals surface area contributed by atoms with E-state index in [0.29, 0.717) is 0 Å². The number of para-hydroxylation sites is 2. The van der Waals surface area contributed by atoms with Gasteiger partial charge in [0.1, 0.15) is 10.0 Å². The Morgan fingerprint density at radius 2 is 0.742 bits per heavy atom. The normalized spacial score (nSPS) is 13.6. The molecule has 2 aliphatic rings. The molecule has 0 saturated carbocycles. The van der Waals surface area contributed by atoms with Gasteiger partial charge in [-0.05, 0) is 71.6 Å². The lowest BCUT2D eigenvalue weighted by Crippen LogP contribution is -2.55. The average Bonchev–Trinajstić information content (AvgIpc) is 4.08. The number of thiophene rings is 2. The van der Waals surface area contributed by atoms with Gasteiger partial charge in [-0.3, -0.25) is 19.9 Å². The summed E-state index contributed by atoms with van der Waals surface area (Å²) in [6.45, 7) is -0.428. The summed E-state index contributed by atoms with van der Waals surface area (Å²) in [6.07, 6.45) is 11.4. The fourth-order valence-electron chi connectivity index (χ4n) is 9.58. The molecule has 0 unspecified atom stereocenters. The molecular formula is C50H32B2N8S2. The van der Waals surface area contributed by atoms with Crippen molar-refractivity contribution in [2.24, 2.45) is 0 Å². The number of aromatic nitrogens is 4. The van der Waals surface area contributed by atoms with Gasteiger partial charge in [-0.15, -0.1) is 22.7 Å². The van der Waals surface area contributed by atoms with Crippen LogP contribution in [0.5, 0.6) is 0 Å². The number of pyridine rings is 4. The second-order valence-corrected chi connectivity index (χ2v) is 17.6. The number of rotatable bonds is 6. The molecule has 13 rings (SSSR count). The van der Waals surface area contributed by atoms with Crippen LogP contribution in [0.4, 0.5) is 44.1 Å². The molecule has 0 saturated heterocycles. The van der Waals surface area contributed by atoms with Crippen LogP contribution in [0, 0.1) is 0 Å². The second-order valence-electron chi connectivity index (χ2n) is 15.5. The number of fused-ring (bicyclic) bond motifs is 8. The highest BCUT2D eigenvalue weighted by Crippen LogP contribution is 2.57. The molecule has 6 aromatic heterocycles. The van der Waals surface area contributed by atoms with Gasteiger partial charge in [0.05, 0.1) is 22.4 Å². The summed E-state index contributed by atoms with van der Waals surface area (Å²) in [6, 6.07) is 56.6. The Bertz CT molecular complexity index is 3250. The first-order chi connectivity index (χ1) is 30.8. The largest absolute Gasteiger partial charge is 0.421 e. The van der Waals surface area contributed by atoms with Crippen LogP contribution in [-0.4, -0.2) is 33.9 Å².